The lowest BCUT2D eigenvalue weighted by atomic mass is 9.59. The number of hydrogen-bond acceptors (Lipinski definition) is 5. The van der Waals surface area contributed by atoms with E-state index in [4.69, 9.17) is 0 Å². The number of allylic oxidation sites excluding steroid dienone is 1. The van der Waals surface area contributed by atoms with Gasteiger partial charge < -0.3 is 20.4 Å². The third-order valence-corrected chi connectivity index (χ3v) is 7.93. The average molecular weight is 348 g/mol. The molecule has 0 radical (unpaired) electrons. The molecule has 0 amide bonds. The van der Waals surface area contributed by atoms with Gasteiger partial charge in [0, 0.05) is 5.92 Å². The van der Waals surface area contributed by atoms with Gasteiger partial charge in [-0.25, -0.2) is 0 Å². The van der Waals surface area contributed by atoms with E-state index < -0.39 is 35.7 Å². The molecule has 5 heteroatoms. The zero-order valence-corrected chi connectivity index (χ0v) is 15.2. The summed E-state index contributed by atoms with van der Waals surface area (Å²) in [4.78, 5) is 13.7. The SMILES string of the molecule is CC1=CC23C(=O)C(C=C(CO)[C@@H](O)[C@]2(O)[C@H]1O)[C@H]1[C@@H](C[C@H]3C)C1(C)C. The fraction of sp³-hybridized carbons (Fsp3) is 0.750. The predicted molar refractivity (Wildman–Crippen MR) is 91.4 cm³/mol. The number of carbonyl (C=O) groups is 1. The number of carbonyl (C=O) groups excluding carboxylic acids is 1. The van der Waals surface area contributed by atoms with Crippen LogP contribution in [0.2, 0.25) is 0 Å². The van der Waals surface area contributed by atoms with Crippen molar-refractivity contribution in [2.75, 3.05) is 6.61 Å². The van der Waals surface area contributed by atoms with Crippen LogP contribution in [-0.4, -0.2) is 50.6 Å². The smallest absolute Gasteiger partial charge is 0.153 e. The Morgan fingerprint density at radius 3 is 2.48 bits per heavy atom. The summed E-state index contributed by atoms with van der Waals surface area (Å²) in [5.41, 5.74) is -2.58. The van der Waals surface area contributed by atoms with Crippen molar-refractivity contribution in [3.63, 3.8) is 0 Å². The Kier molecular flexibility index (Phi) is 3.36. The van der Waals surface area contributed by atoms with Gasteiger partial charge in [0.15, 0.2) is 5.78 Å². The molecule has 4 N–H and O–H groups in total. The minimum absolute atomic E-state index is 0.0245. The molecule has 2 fully saturated rings. The Balaban J connectivity index is 1.99. The maximum Gasteiger partial charge on any atom is 0.153 e. The molecule has 4 rings (SSSR count). The van der Waals surface area contributed by atoms with Crippen molar-refractivity contribution in [3.05, 3.63) is 23.3 Å². The van der Waals surface area contributed by atoms with E-state index in [9.17, 15) is 25.2 Å². The number of aliphatic hydroxyl groups excluding tert-OH is 3. The average Bonchev–Trinajstić information content (AvgIpc) is 3.05. The Morgan fingerprint density at radius 2 is 1.88 bits per heavy atom. The first-order valence-corrected chi connectivity index (χ1v) is 9.18. The normalized spacial score (nSPS) is 53.2. The van der Waals surface area contributed by atoms with Crippen LogP contribution in [0.3, 0.4) is 0 Å². The van der Waals surface area contributed by atoms with Crippen molar-refractivity contribution in [1.82, 2.24) is 0 Å². The zero-order valence-electron chi connectivity index (χ0n) is 15.2. The van der Waals surface area contributed by atoms with E-state index in [1.54, 1.807) is 19.1 Å². The first kappa shape index (κ1) is 17.4. The Morgan fingerprint density at radius 1 is 1.24 bits per heavy atom. The number of hydrogen-bond donors (Lipinski definition) is 4. The van der Waals surface area contributed by atoms with E-state index in [0.29, 0.717) is 11.5 Å². The summed E-state index contributed by atoms with van der Waals surface area (Å²) < 4.78 is 0. The van der Waals surface area contributed by atoms with Crippen LogP contribution in [0.15, 0.2) is 23.3 Å². The van der Waals surface area contributed by atoms with Crippen LogP contribution in [0.25, 0.3) is 0 Å². The number of rotatable bonds is 1. The topological polar surface area (TPSA) is 98.0 Å². The van der Waals surface area contributed by atoms with E-state index in [1.807, 2.05) is 6.92 Å². The molecule has 138 valence electrons. The van der Waals surface area contributed by atoms with Gasteiger partial charge in [-0.2, -0.15) is 0 Å². The van der Waals surface area contributed by atoms with Crippen molar-refractivity contribution in [3.8, 4) is 0 Å². The molecule has 2 bridgehead atoms. The minimum atomic E-state index is -2.03. The summed E-state index contributed by atoms with van der Waals surface area (Å²) in [5, 5.41) is 43.0. The number of ketones is 1. The first-order chi connectivity index (χ1) is 11.5. The maximum atomic E-state index is 13.7. The van der Waals surface area contributed by atoms with Gasteiger partial charge in [-0.05, 0) is 47.7 Å². The third kappa shape index (κ3) is 1.71. The standard InChI is InChI=1S/C20H28O5/c1-9-7-19-10(2)5-13-14(18(13,3)4)12(17(19)24)6-11(8-21)16(23)20(19,25)15(9)22/h6-7,10,12-16,21-23,25H,5,8H2,1-4H3/t10-,12?,13-,14+,15+,16-,19?,20-/m1/s1. The summed E-state index contributed by atoms with van der Waals surface area (Å²) in [7, 11) is 0. The highest BCUT2D eigenvalue weighted by atomic mass is 16.4. The van der Waals surface area contributed by atoms with E-state index in [-0.39, 0.29) is 28.6 Å². The van der Waals surface area contributed by atoms with Gasteiger partial charge in [0.1, 0.15) is 17.8 Å². The molecule has 8 atom stereocenters. The fourth-order valence-electron chi connectivity index (χ4n) is 6.43. The van der Waals surface area contributed by atoms with Gasteiger partial charge in [-0.15, -0.1) is 0 Å². The minimum Gasteiger partial charge on any atom is -0.392 e. The second kappa shape index (κ2) is 4.83. The highest BCUT2D eigenvalue weighted by molar-refractivity contribution is 5.95. The van der Waals surface area contributed by atoms with Crippen molar-refractivity contribution in [2.45, 2.75) is 51.9 Å². The molecule has 0 heterocycles. The summed E-state index contributed by atoms with van der Waals surface area (Å²) in [6.45, 7) is 7.50. The summed E-state index contributed by atoms with van der Waals surface area (Å²) in [5.74, 6) is -0.288. The molecule has 2 saturated carbocycles. The first-order valence-electron chi connectivity index (χ1n) is 9.18. The van der Waals surface area contributed by atoms with Crippen LogP contribution in [-0.2, 0) is 4.79 Å². The predicted octanol–water partition coefficient (Wildman–Crippen LogP) is 0.815. The fourth-order valence-corrected chi connectivity index (χ4v) is 6.43. The molecular formula is C20H28O5. The van der Waals surface area contributed by atoms with Gasteiger partial charge in [0.25, 0.3) is 0 Å². The summed E-state index contributed by atoms with van der Waals surface area (Å²) >= 11 is 0. The van der Waals surface area contributed by atoms with Gasteiger partial charge in [-0.1, -0.05) is 32.9 Å². The summed E-state index contributed by atoms with van der Waals surface area (Å²) in [6.07, 6.45) is 1.34. The van der Waals surface area contributed by atoms with Crippen LogP contribution in [0.4, 0.5) is 0 Å². The Labute approximate surface area is 148 Å². The molecule has 5 nitrogen and oxygen atoms in total. The molecule has 0 aromatic carbocycles. The second-order valence-electron chi connectivity index (χ2n) is 9.27. The Bertz CT molecular complexity index is 707. The van der Waals surface area contributed by atoms with Gasteiger partial charge in [0.2, 0.25) is 0 Å². The second-order valence-corrected chi connectivity index (χ2v) is 9.27. The van der Waals surface area contributed by atoms with Crippen LogP contribution in [0, 0.1) is 34.5 Å². The monoisotopic (exact) mass is 348 g/mol. The van der Waals surface area contributed by atoms with Gasteiger partial charge in [-0.3, -0.25) is 4.79 Å². The van der Waals surface area contributed by atoms with Crippen LogP contribution in [0.5, 0.6) is 0 Å². The zero-order chi connectivity index (χ0) is 18.5. The lowest BCUT2D eigenvalue weighted by Gasteiger charge is -2.48. The largest absolute Gasteiger partial charge is 0.392 e. The molecule has 25 heavy (non-hydrogen) atoms. The van der Waals surface area contributed by atoms with Gasteiger partial charge >= 0.3 is 0 Å². The van der Waals surface area contributed by atoms with Crippen molar-refractivity contribution in [2.24, 2.45) is 34.5 Å². The molecule has 0 saturated heterocycles. The lowest BCUT2D eigenvalue weighted by Crippen LogP contribution is -2.65. The molecule has 1 spiro atoms. The van der Waals surface area contributed by atoms with E-state index in [0.717, 1.165) is 6.42 Å². The molecule has 2 unspecified atom stereocenters. The lowest BCUT2D eigenvalue weighted by molar-refractivity contribution is -0.190. The number of aliphatic hydroxyl groups is 4. The van der Waals surface area contributed by atoms with Crippen molar-refractivity contribution in [1.29, 1.82) is 0 Å². The molecule has 0 aromatic heterocycles. The highest BCUT2D eigenvalue weighted by Gasteiger charge is 2.75. The molecule has 0 aliphatic heterocycles. The molecular weight excluding hydrogens is 320 g/mol. The molecule has 0 aromatic rings. The van der Waals surface area contributed by atoms with E-state index in [1.165, 1.54) is 0 Å². The number of Topliss-reactive ketones (excluding diaryl/α,β-unsaturated/α-hetero) is 1. The van der Waals surface area contributed by atoms with E-state index >= 15 is 0 Å². The third-order valence-electron chi connectivity index (χ3n) is 7.93. The van der Waals surface area contributed by atoms with Crippen molar-refractivity contribution < 1.29 is 25.2 Å². The number of fused-ring (bicyclic) bond motifs is 3. The van der Waals surface area contributed by atoms with E-state index in [2.05, 4.69) is 13.8 Å². The van der Waals surface area contributed by atoms with Crippen LogP contribution < -0.4 is 0 Å². The maximum absolute atomic E-state index is 13.7. The Hall–Kier alpha value is -1.01. The molecule has 4 aliphatic carbocycles. The van der Waals surface area contributed by atoms with Crippen molar-refractivity contribution >= 4 is 5.78 Å². The van der Waals surface area contributed by atoms with Crippen LogP contribution in [0.1, 0.15) is 34.1 Å². The quantitative estimate of drug-likeness (QED) is 0.526. The highest BCUT2D eigenvalue weighted by Crippen LogP contribution is 2.71. The van der Waals surface area contributed by atoms with Crippen LogP contribution >= 0.6 is 0 Å². The molecule has 4 aliphatic rings. The summed E-state index contributed by atoms with van der Waals surface area (Å²) in [6, 6.07) is 0. The van der Waals surface area contributed by atoms with Gasteiger partial charge in [0.05, 0.1) is 12.0 Å².